The molecule has 0 saturated heterocycles. The van der Waals surface area contributed by atoms with Crippen molar-refractivity contribution in [3.05, 3.63) is 29.8 Å². The van der Waals surface area contributed by atoms with Crippen LogP contribution in [0.25, 0.3) is 11.0 Å². The van der Waals surface area contributed by atoms with Crippen LogP contribution < -0.4 is 0 Å². The highest BCUT2D eigenvalue weighted by atomic mass is 35.5. The van der Waals surface area contributed by atoms with E-state index in [0.29, 0.717) is 5.52 Å². The largest absolute Gasteiger partial charge is 0.321 e. The van der Waals surface area contributed by atoms with Crippen molar-refractivity contribution >= 4 is 22.6 Å². The predicted octanol–water partition coefficient (Wildman–Crippen LogP) is 4.76. The molecule has 1 atom stereocenters. The summed E-state index contributed by atoms with van der Waals surface area (Å²) in [5, 5.41) is -0.173. The molecule has 1 fully saturated rings. The molecular formula is C15H18ClFN2. The first kappa shape index (κ1) is 12.9. The van der Waals surface area contributed by atoms with Crippen LogP contribution in [-0.4, -0.2) is 9.55 Å². The Hall–Kier alpha value is -1.09. The van der Waals surface area contributed by atoms with Gasteiger partial charge in [-0.1, -0.05) is 12.8 Å². The second-order valence-corrected chi connectivity index (χ2v) is 6.41. The third kappa shape index (κ3) is 2.04. The molecule has 2 aromatic rings. The van der Waals surface area contributed by atoms with Crippen LogP contribution in [0.3, 0.4) is 0 Å². The van der Waals surface area contributed by atoms with Crippen molar-refractivity contribution in [2.45, 2.75) is 50.4 Å². The van der Waals surface area contributed by atoms with Gasteiger partial charge in [0.2, 0.25) is 0 Å². The fourth-order valence-electron chi connectivity index (χ4n) is 3.27. The van der Waals surface area contributed by atoms with Gasteiger partial charge < -0.3 is 4.57 Å². The standard InChI is InChI=1S/C15H18ClFN2/c1-10(16)14-18-12-9-11(17)5-6-13(12)19(14)15(2)7-3-4-8-15/h5-6,9-10H,3-4,7-8H2,1-2H3. The van der Waals surface area contributed by atoms with Crippen molar-refractivity contribution in [3.63, 3.8) is 0 Å². The monoisotopic (exact) mass is 280 g/mol. The molecule has 3 rings (SSSR count). The van der Waals surface area contributed by atoms with Gasteiger partial charge in [-0.3, -0.25) is 0 Å². The van der Waals surface area contributed by atoms with Crippen molar-refractivity contribution < 1.29 is 4.39 Å². The van der Waals surface area contributed by atoms with Gasteiger partial charge in [-0.15, -0.1) is 11.6 Å². The van der Waals surface area contributed by atoms with E-state index in [-0.39, 0.29) is 16.7 Å². The van der Waals surface area contributed by atoms with Crippen LogP contribution in [0.4, 0.5) is 4.39 Å². The molecule has 1 unspecified atom stereocenters. The average molecular weight is 281 g/mol. The summed E-state index contributed by atoms with van der Waals surface area (Å²) in [6, 6.07) is 4.82. The number of imidazole rings is 1. The second kappa shape index (κ2) is 4.48. The molecule has 2 nitrogen and oxygen atoms in total. The fraction of sp³-hybridized carbons (Fsp3) is 0.533. The molecule has 102 valence electrons. The summed E-state index contributed by atoms with van der Waals surface area (Å²) in [7, 11) is 0. The number of fused-ring (bicyclic) bond motifs is 1. The number of hydrogen-bond donors (Lipinski definition) is 0. The third-order valence-electron chi connectivity index (χ3n) is 4.22. The van der Waals surface area contributed by atoms with E-state index < -0.39 is 0 Å². The SMILES string of the molecule is CC(Cl)c1nc2cc(F)ccc2n1C1(C)CCCC1. The Morgan fingerprint density at radius 2 is 2.05 bits per heavy atom. The van der Waals surface area contributed by atoms with Gasteiger partial charge in [0.1, 0.15) is 11.6 Å². The Balaban J connectivity index is 2.28. The van der Waals surface area contributed by atoms with Crippen molar-refractivity contribution in [3.8, 4) is 0 Å². The van der Waals surface area contributed by atoms with Gasteiger partial charge in [-0.2, -0.15) is 0 Å². The molecule has 0 aliphatic heterocycles. The van der Waals surface area contributed by atoms with E-state index in [0.717, 1.165) is 24.2 Å². The first-order valence-corrected chi connectivity index (χ1v) is 7.27. The van der Waals surface area contributed by atoms with E-state index in [9.17, 15) is 4.39 Å². The van der Waals surface area contributed by atoms with E-state index in [1.165, 1.54) is 25.0 Å². The smallest absolute Gasteiger partial charge is 0.128 e. The summed E-state index contributed by atoms with van der Waals surface area (Å²) >= 11 is 6.28. The Morgan fingerprint density at radius 1 is 1.37 bits per heavy atom. The molecular weight excluding hydrogens is 263 g/mol. The molecule has 0 N–H and O–H groups in total. The van der Waals surface area contributed by atoms with Crippen LogP contribution in [0.2, 0.25) is 0 Å². The van der Waals surface area contributed by atoms with Gasteiger partial charge >= 0.3 is 0 Å². The molecule has 1 heterocycles. The summed E-state index contributed by atoms with van der Waals surface area (Å²) < 4.78 is 15.6. The maximum atomic E-state index is 13.4. The fourth-order valence-corrected chi connectivity index (χ4v) is 3.41. The summed E-state index contributed by atoms with van der Waals surface area (Å²) in [6.45, 7) is 4.18. The number of aromatic nitrogens is 2. The average Bonchev–Trinajstić information content (AvgIpc) is 2.93. The first-order chi connectivity index (χ1) is 9.01. The lowest BCUT2D eigenvalue weighted by molar-refractivity contribution is 0.328. The minimum Gasteiger partial charge on any atom is -0.321 e. The number of hydrogen-bond acceptors (Lipinski definition) is 1. The normalized spacial score (nSPS) is 20.0. The molecule has 1 aliphatic rings. The van der Waals surface area contributed by atoms with E-state index in [1.807, 2.05) is 13.0 Å². The van der Waals surface area contributed by atoms with Crippen molar-refractivity contribution in [1.82, 2.24) is 9.55 Å². The Labute approximate surface area is 117 Å². The maximum absolute atomic E-state index is 13.4. The lowest BCUT2D eigenvalue weighted by atomic mass is 9.99. The van der Waals surface area contributed by atoms with E-state index in [2.05, 4.69) is 16.5 Å². The maximum Gasteiger partial charge on any atom is 0.128 e. The third-order valence-corrected chi connectivity index (χ3v) is 4.41. The van der Waals surface area contributed by atoms with Gasteiger partial charge in [0, 0.05) is 11.6 Å². The molecule has 0 radical (unpaired) electrons. The van der Waals surface area contributed by atoms with Crippen LogP contribution in [0.5, 0.6) is 0 Å². The van der Waals surface area contributed by atoms with Crippen LogP contribution in [0.15, 0.2) is 18.2 Å². The zero-order valence-electron chi connectivity index (χ0n) is 11.3. The van der Waals surface area contributed by atoms with Gasteiger partial charge in [0.15, 0.2) is 0 Å². The predicted molar refractivity (Wildman–Crippen MR) is 76.1 cm³/mol. The molecule has 1 saturated carbocycles. The van der Waals surface area contributed by atoms with Gasteiger partial charge in [-0.25, -0.2) is 9.37 Å². The summed E-state index contributed by atoms with van der Waals surface area (Å²) in [6.07, 6.45) is 4.72. The highest BCUT2D eigenvalue weighted by Gasteiger charge is 2.34. The molecule has 4 heteroatoms. The molecule has 1 aliphatic carbocycles. The number of alkyl halides is 1. The van der Waals surface area contributed by atoms with Crippen LogP contribution in [-0.2, 0) is 5.54 Å². The topological polar surface area (TPSA) is 17.8 Å². The van der Waals surface area contributed by atoms with E-state index >= 15 is 0 Å². The number of rotatable bonds is 2. The zero-order chi connectivity index (χ0) is 13.6. The Morgan fingerprint density at radius 3 is 2.68 bits per heavy atom. The highest BCUT2D eigenvalue weighted by Crippen LogP contribution is 2.41. The van der Waals surface area contributed by atoms with Crippen molar-refractivity contribution in [1.29, 1.82) is 0 Å². The van der Waals surface area contributed by atoms with Gasteiger partial charge in [0.05, 0.1) is 16.4 Å². The van der Waals surface area contributed by atoms with Crippen LogP contribution in [0.1, 0.15) is 50.7 Å². The van der Waals surface area contributed by atoms with Gasteiger partial charge in [0.25, 0.3) is 0 Å². The highest BCUT2D eigenvalue weighted by molar-refractivity contribution is 6.20. The van der Waals surface area contributed by atoms with Crippen molar-refractivity contribution in [2.75, 3.05) is 0 Å². The minimum absolute atomic E-state index is 0.0606. The first-order valence-electron chi connectivity index (χ1n) is 6.84. The summed E-state index contributed by atoms with van der Waals surface area (Å²) in [5.41, 5.74) is 1.76. The molecule has 19 heavy (non-hydrogen) atoms. The van der Waals surface area contributed by atoms with Crippen LogP contribution >= 0.6 is 11.6 Å². The van der Waals surface area contributed by atoms with E-state index in [4.69, 9.17) is 11.6 Å². The summed E-state index contributed by atoms with van der Waals surface area (Å²) in [5.74, 6) is 0.606. The van der Waals surface area contributed by atoms with E-state index in [1.54, 1.807) is 0 Å². The molecule has 1 aromatic heterocycles. The van der Waals surface area contributed by atoms with Crippen molar-refractivity contribution in [2.24, 2.45) is 0 Å². The van der Waals surface area contributed by atoms with Gasteiger partial charge in [-0.05, 0) is 38.8 Å². The number of halogens is 2. The second-order valence-electron chi connectivity index (χ2n) is 5.76. The number of nitrogens with zero attached hydrogens (tertiary/aromatic N) is 2. The molecule has 0 amide bonds. The lowest BCUT2D eigenvalue weighted by Gasteiger charge is -2.29. The lowest BCUT2D eigenvalue weighted by Crippen LogP contribution is -2.28. The Bertz CT molecular complexity index is 612. The van der Waals surface area contributed by atoms with Crippen LogP contribution in [0, 0.1) is 5.82 Å². The Kier molecular flexibility index (Phi) is 3.05. The quantitative estimate of drug-likeness (QED) is 0.725. The molecule has 0 bridgehead atoms. The number of benzene rings is 1. The molecule has 0 spiro atoms. The zero-order valence-corrected chi connectivity index (χ0v) is 12.0. The molecule has 1 aromatic carbocycles. The minimum atomic E-state index is -0.248. The summed E-state index contributed by atoms with van der Waals surface area (Å²) in [4.78, 5) is 4.55.